The van der Waals surface area contributed by atoms with Crippen molar-refractivity contribution in [3.8, 4) is 0 Å². The highest BCUT2D eigenvalue weighted by atomic mass is 32.1. The van der Waals surface area contributed by atoms with Crippen LogP contribution in [0.5, 0.6) is 0 Å². The minimum Gasteiger partial charge on any atom is -0.356 e. The number of hydrogen-bond acceptors (Lipinski definition) is 5. The van der Waals surface area contributed by atoms with Crippen molar-refractivity contribution < 1.29 is 0 Å². The quantitative estimate of drug-likeness (QED) is 0.672. The minimum absolute atomic E-state index is 0.840. The molecule has 2 unspecified atom stereocenters. The van der Waals surface area contributed by atoms with Gasteiger partial charge < -0.3 is 15.1 Å². The summed E-state index contributed by atoms with van der Waals surface area (Å²) in [7, 11) is 1.88. The normalized spacial score (nSPS) is 25.5. The first-order valence-electron chi connectivity index (χ1n) is 8.24. The second-order valence-corrected chi connectivity index (χ2v) is 6.95. The van der Waals surface area contributed by atoms with Crippen molar-refractivity contribution in [3.63, 3.8) is 0 Å². The molecule has 2 heterocycles. The van der Waals surface area contributed by atoms with Crippen LogP contribution in [0.25, 0.3) is 0 Å². The molecule has 0 spiro atoms. The summed E-state index contributed by atoms with van der Waals surface area (Å²) in [5.41, 5.74) is 0. The molecule has 1 saturated carbocycles. The second-order valence-electron chi connectivity index (χ2n) is 6.22. The van der Waals surface area contributed by atoms with E-state index in [-0.39, 0.29) is 0 Å². The lowest BCUT2D eigenvalue weighted by atomic mass is 10.3. The monoisotopic (exact) mass is 322 g/mol. The van der Waals surface area contributed by atoms with E-state index >= 15 is 0 Å². The number of rotatable bonds is 4. The lowest BCUT2D eigenvalue weighted by Gasteiger charge is -2.36. The molecule has 0 amide bonds. The van der Waals surface area contributed by atoms with Gasteiger partial charge in [0.2, 0.25) is 5.13 Å². The Labute approximate surface area is 136 Å². The molecule has 22 heavy (non-hydrogen) atoms. The first-order valence-corrected chi connectivity index (χ1v) is 9.01. The van der Waals surface area contributed by atoms with E-state index in [2.05, 4.69) is 43.3 Å². The Morgan fingerprint density at radius 1 is 1.36 bits per heavy atom. The highest BCUT2D eigenvalue weighted by Gasteiger charge is 2.32. The summed E-state index contributed by atoms with van der Waals surface area (Å²) in [5, 5.41) is 4.59. The van der Waals surface area contributed by atoms with Crippen LogP contribution in [-0.4, -0.2) is 60.0 Å². The molecule has 0 radical (unpaired) electrons. The predicted octanol–water partition coefficient (Wildman–Crippen LogP) is 1.45. The molecule has 2 aliphatic rings. The molecule has 122 valence electrons. The Morgan fingerprint density at radius 2 is 2.09 bits per heavy atom. The van der Waals surface area contributed by atoms with Crippen molar-refractivity contribution in [2.75, 3.05) is 44.7 Å². The van der Waals surface area contributed by atoms with Gasteiger partial charge in [-0.15, -0.1) is 0 Å². The number of aromatic nitrogens is 2. The molecular formula is C15H26N6S. The average Bonchev–Trinajstić information content (AvgIpc) is 3.06. The first kappa shape index (κ1) is 15.5. The predicted molar refractivity (Wildman–Crippen MR) is 91.7 cm³/mol. The number of nitrogens with zero attached hydrogens (tertiary/aromatic N) is 5. The molecule has 1 aliphatic carbocycles. The summed E-state index contributed by atoms with van der Waals surface area (Å²) in [6.45, 7) is 9.42. The van der Waals surface area contributed by atoms with Gasteiger partial charge >= 0.3 is 0 Å². The Morgan fingerprint density at radius 3 is 2.64 bits per heavy atom. The van der Waals surface area contributed by atoms with Gasteiger partial charge in [-0.05, 0) is 18.3 Å². The lowest BCUT2D eigenvalue weighted by molar-refractivity contribution is 0.371. The number of anilines is 1. The summed E-state index contributed by atoms with van der Waals surface area (Å²) >= 11 is 1.52. The summed E-state index contributed by atoms with van der Waals surface area (Å²) in [4.78, 5) is 13.7. The van der Waals surface area contributed by atoms with E-state index in [1.54, 1.807) is 0 Å². The van der Waals surface area contributed by atoms with Crippen LogP contribution in [0.15, 0.2) is 4.99 Å². The van der Waals surface area contributed by atoms with Crippen molar-refractivity contribution in [2.45, 2.75) is 26.7 Å². The van der Waals surface area contributed by atoms with Crippen LogP contribution in [-0.2, 0) is 6.42 Å². The molecule has 3 rings (SSSR count). The van der Waals surface area contributed by atoms with Gasteiger partial charge in [0.25, 0.3) is 0 Å². The fourth-order valence-corrected chi connectivity index (χ4v) is 3.67. The van der Waals surface area contributed by atoms with E-state index in [1.807, 2.05) is 7.05 Å². The van der Waals surface area contributed by atoms with Crippen LogP contribution in [0, 0.1) is 11.8 Å². The van der Waals surface area contributed by atoms with Gasteiger partial charge in [-0.2, -0.15) is 4.37 Å². The third kappa shape index (κ3) is 3.51. The summed E-state index contributed by atoms with van der Waals surface area (Å²) in [5.74, 6) is 3.73. The summed E-state index contributed by atoms with van der Waals surface area (Å²) in [6.07, 6.45) is 2.27. The number of aliphatic imine (C=N–C) groups is 1. The molecule has 2 atom stereocenters. The van der Waals surface area contributed by atoms with E-state index in [9.17, 15) is 0 Å². The Kier molecular flexibility index (Phi) is 4.81. The zero-order valence-corrected chi connectivity index (χ0v) is 14.6. The number of guanidine groups is 1. The number of hydrogen-bond donors (Lipinski definition) is 1. The van der Waals surface area contributed by atoms with E-state index in [0.717, 1.165) is 67.9 Å². The van der Waals surface area contributed by atoms with Gasteiger partial charge in [0.1, 0.15) is 5.82 Å². The molecule has 6 nitrogen and oxygen atoms in total. The van der Waals surface area contributed by atoms with Gasteiger partial charge in [-0.3, -0.25) is 4.99 Å². The maximum Gasteiger partial charge on any atom is 0.205 e. The number of nitrogens with one attached hydrogen (secondary N) is 1. The largest absolute Gasteiger partial charge is 0.356 e. The fraction of sp³-hybridized carbons (Fsp3) is 0.800. The standard InChI is InChI=1S/C15H26N6S/c1-4-13-18-15(22-19-13)21-7-5-20(6-8-21)14(16-3)17-10-12-9-11(12)2/h11-12H,4-10H2,1-3H3,(H,16,17). The van der Waals surface area contributed by atoms with E-state index in [4.69, 9.17) is 0 Å². The number of aryl methyl sites for hydroxylation is 1. The third-order valence-corrected chi connectivity index (χ3v) is 5.45. The van der Waals surface area contributed by atoms with Crippen LogP contribution in [0.3, 0.4) is 0 Å². The van der Waals surface area contributed by atoms with Crippen LogP contribution < -0.4 is 10.2 Å². The molecule has 7 heteroatoms. The molecule has 1 aromatic rings. The van der Waals surface area contributed by atoms with Gasteiger partial charge in [0.05, 0.1) is 0 Å². The Hall–Kier alpha value is -1.37. The van der Waals surface area contributed by atoms with Gasteiger partial charge in [-0.1, -0.05) is 13.8 Å². The first-order chi connectivity index (χ1) is 10.7. The van der Waals surface area contributed by atoms with Crippen LogP contribution in [0.2, 0.25) is 0 Å². The zero-order chi connectivity index (χ0) is 15.5. The molecule has 2 fully saturated rings. The zero-order valence-electron chi connectivity index (χ0n) is 13.7. The summed E-state index contributed by atoms with van der Waals surface area (Å²) in [6, 6.07) is 0. The minimum atomic E-state index is 0.840. The molecule has 0 aromatic carbocycles. The summed E-state index contributed by atoms with van der Waals surface area (Å²) < 4.78 is 4.38. The molecular weight excluding hydrogens is 296 g/mol. The maximum absolute atomic E-state index is 4.59. The highest BCUT2D eigenvalue weighted by molar-refractivity contribution is 7.09. The Balaban J connectivity index is 1.49. The lowest BCUT2D eigenvalue weighted by Crippen LogP contribution is -2.52. The van der Waals surface area contributed by atoms with Crippen molar-refractivity contribution >= 4 is 22.6 Å². The Bertz CT molecular complexity index is 520. The van der Waals surface area contributed by atoms with Crippen molar-refractivity contribution in [1.82, 2.24) is 19.6 Å². The highest BCUT2D eigenvalue weighted by Crippen LogP contribution is 2.36. The van der Waals surface area contributed by atoms with Gasteiger partial charge in [0, 0.05) is 57.7 Å². The number of piperazine rings is 1. The average molecular weight is 322 g/mol. The van der Waals surface area contributed by atoms with Crippen LogP contribution >= 0.6 is 11.5 Å². The fourth-order valence-electron chi connectivity index (χ4n) is 2.86. The molecule has 1 aromatic heterocycles. The smallest absolute Gasteiger partial charge is 0.205 e. The van der Waals surface area contributed by atoms with Crippen molar-refractivity contribution in [1.29, 1.82) is 0 Å². The van der Waals surface area contributed by atoms with Gasteiger partial charge in [0.15, 0.2) is 5.96 Å². The molecule has 0 bridgehead atoms. The van der Waals surface area contributed by atoms with E-state index in [1.165, 1.54) is 18.0 Å². The molecule has 1 saturated heterocycles. The maximum atomic E-state index is 4.59. The van der Waals surface area contributed by atoms with Gasteiger partial charge in [-0.25, -0.2) is 4.98 Å². The topological polar surface area (TPSA) is 56.7 Å². The molecule has 1 aliphatic heterocycles. The van der Waals surface area contributed by atoms with E-state index < -0.39 is 0 Å². The van der Waals surface area contributed by atoms with Crippen LogP contribution in [0.1, 0.15) is 26.1 Å². The van der Waals surface area contributed by atoms with Crippen molar-refractivity contribution in [2.24, 2.45) is 16.8 Å². The SMILES string of the molecule is CCc1nsc(N2CCN(C(=NC)NCC3CC3C)CC2)n1. The second kappa shape index (κ2) is 6.81. The third-order valence-electron chi connectivity index (χ3n) is 4.63. The van der Waals surface area contributed by atoms with E-state index in [0.29, 0.717) is 0 Å². The molecule has 1 N–H and O–H groups in total. The van der Waals surface area contributed by atoms with Crippen molar-refractivity contribution in [3.05, 3.63) is 5.82 Å². The van der Waals surface area contributed by atoms with Crippen LogP contribution in [0.4, 0.5) is 5.13 Å².